The highest BCUT2D eigenvalue weighted by Crippen LogP contribution is 2.17. The number of piperidine rings is 1. The van der Waals surface area contributed by atoms with E-state index in [1.807, 2.05) is 6.92 Å². The predicted molar refractivity (Wildman–Crippen MR) is 61.9 cm³/mol. The van der Waals surface area contributed by atoms with Gasteiger partial charge in [0.05, 0.1) is 11.8 Å². The standard InChI is InChI=1S/C12H16FN3O/c1-8-7-16(3-2-11(8)14)12(17)9-4-10(13)6-15-5-9/h4-6,8,11H,2-3,7,14H2,1H3. The van der Waals surface area contributed by atoms with Gasteiger partial charge >= 0.3 is 0 Å². The second-order valence-corrected chi connectivity index (χ2v) is 4.57. The van der Waals surface area contributed by atoms with Crippen LogP contribution in [0.25, 0.3) is 0 Å². The van der Waals surface area contributed by atoms with Crippen molar-refractivity contribution in [1.82, 2.24) is 9.88 Å². The average Bonchev–Trinajstić information content (AvgIpc) is 2.32. The van der Waals surface area contributed by atoms with E-state index in [0.717, 1.165) is 12.6 Å². The molecule has 4 nitrogen and oxygen atoms in total. The van der Waals surface area contributed by atoms with Gasteiger partial charge in [-0.25, -0.2) is 4.39 Å². The largest absolute Gasteiger partial charge is 0.338 e. The van der Waals surface area contributed by atoms with Crippen molar-refractivity contribution in [3.05, 3.63) is 29.8 Å². The Hall–Kier alpha value is -1.49. The van der Waals surface area contributed by atoms with Gasteiger partial charge in [0.2, 0.25) is 0 Å². The summed E-state index contributed by atoms with van der Waals surface area (Å²) < 4.78 is 13.0. The quantitative estimate of drug-likeness (QED) is 0.793. The number of aromatic nitrogens is 1. The number of carbonyl (C=O) groups excluding carboxylic acids is 1. The molecule has 2 atom stereocenters. The van der Waals surface area contributed by atoms with Crippen molar-refractivity contribution in [1.29, 1.82) is 0 Å². The number of nitrogens with zero attached hydrogens (tertiary/aromatic N) is 2. The number of hydrogen-bond acceptors (Lipinski definition) is 3. The molecule has 1 aromatic rings. The molecule has 1 saturated heterocycles. The van der Waals surface area contributed by atoms with Gasteiger partial charge in [-0.3, -0.25) is 9.78 Å². The Labute approximate surface area is 99.6 Å². The van der Waals surface area contributed by atoms with Gasteiger partial charge in [-0.1, -0.05) is 6.92 Å². The molecule has 0 aliphatic carbocycles. The minimum absolute atomic E-state index is 0.143. The first-order valence-corrected chi connectivity index (χ1v) is 5.73. The lowest BCUT2D eigenvalue weighted by Crippen LogP contribution is -2.48. The number of hydrogen-bond donors (Lipinski definition) is 1. The van der Waals surface area contributed by atoms with Crippen LogP contribution < -0.4 is 5.73 Å². The number of pyridine rings is 1. The molecule has 1 amide bonds. The Morgan fingerprint density at radius 1 is 1.59 bits per heavy atom. The van der Waals surface area contributed by atoms with Crippen LogP contribution in [0.15, 0.2) is 18.5 Å². The van der Waals surface area contributed by atoms with Gasteiger partial charge in [-0.2, -0.15) is 0 Å². The van der Waals surface area contributed by atoms with E-state index in [-0.39, 0.29) is 17.9 Å². The zero-order chi connectivity index (χ0) is 12.4. The van der Waals surface area contributed by atoms with Crippen molar-refractivity contribution in [2.75, 3.05) is 13.1 Å². The van der Waals surface area contributed by atoms with Gasteiger partial charge < -0.3 is 10.6 Å². The Kier molecular flexibility index (Phi) is 3.38. The SMILES string of the molecule is CC1CN(C(=O)c2cncc(F)c2)CCC1N. The molecular formula is C12H16FN3O. The number of likely N-dealkylation sites (tertiary alicyclic amines) is 1. The average molecular weight is 237 g/mol. The van der Waals surface area contributed by atoms with Gasteiger partial charge in [-0.15, -0.1) is 0 Å². The van der Waals surface area contributed by atoms with Gasteiger partial charge in [0.25, 0.3) is 5.91 Å². The van der Waals surface area contributed by atoms with Crippen molar-refractivity contribution < 1.29 is 9.18 Å². The monoisotopic (exact) mass is 237 g/mol. The third-order valence-electron chi connectivity index (χ3n) is 3.21. The summed E-state index contributed by atoms with van der Waals surface area (Å²) in [6.45, 7) is 3.27. The molecule has 2 N–H and O–H groups in total. The Morgan fingerprint density at radius 2 is 2.35 bits per heavy atom. The molecule has 1 aliphatic heterocycles. The normalized spacial score (nSPS) is 24.8. The van der Waals surface area contributed by atoms with E-state index in [9.17, 15) is 9.18 Å². The van der Waals surface area contributed by atoms with E-state index in [1.165, 1.54) is 12.3 Å². The lowest BCUT2D eigenvalue weighted by Gasteiger charge is -2.35. The molecule has 0 spiro atoms. The van der Waals surface area contributed by atoms with Crippen LogP contribution in [-0.4, -0.2) is 34.9 Å². The number of rotatable bonds is 1. The van der Waals surface area contributed by atoms with E-state index < -0.39 is 5.82 Å². The highest BCUT2D eigenvalue weighted by Gasteiger charge is 2.27. The van der Waals surface area contributed by atoms with Crippen molar-refractivity contribution in [3.63, 3.8) is 0 Å². The van der Waals surface area contributed by atoms with Crippen LogP contribution >= 0.6 is 0 Å². The molecule has 2 unspecified atom stereocenters. The first kappa shape index (κ1) is 12.0. The number of halogens is 1. The predicted octanol–water partition coefficient (Wildman–Crippen LogP) is 1.03. The second kappa shape index (κ2) is 4.79. The maximum atomic E-state index is 13.0. The fraction of sp³-hybridized carbons (Fsp3) is 0.500. The van der Waals surface area contributed by atoms with Crippen LogP contribution in [0.5, 0.6) is 0 Å². The molecule has 0 saturated carbocycles. The van der Waals surface area contributed by atoms with Gasteiger partial charge in [0, 0.05) is 25.3 Å². The van der Waals surface area contributed by atoms with Crippen LogP contribution in [0.2, 0.25) is 0 Å². The smallest absolute Gasteiger partial charge is 0.255 e. The summed E-state index contributed by atoms with van der Waals surface area (Å²) in [6.07, 6.45) is 3.27. The fourth-order valence-electron chi connectivity index (χ4n) is 2.06. The summed E-state index contributed by atoms with van der Waals surface area (Å²) in [7, 11) is 0. The molecule has 92 valence electrons. The summed E-state index contributed by atoms with van der Waals surface area (Å²) >= 11 is 0. The number of nitrogens with two attached hydrogens (primary N) is 1. The summed E-state index contributed by atoms with van der Waals surface area (Å²) in [6, 6.07) is 1.36. The molecule has 1 fully saturated rings. The van der Waals surface area contributed by atoms with E-state index in [1.54, 1.807) is 4.90 Å². The molecule has 0 radical (unpaired) electrons. The van der Waals surface area contributed by atoms with E-state index in [2.05, 4.69) is 4.98 Å². The number of amides is 1. The van der Waals surface area contributed by atoms with Crippen LogP contribution in [0.4, 0.5) is 4.39 Å². The molecule has 2 heterocycles. The van der Waals surface area contributed by atoms with Gasteiger partial charge in [-0.05, 0) is 18.4 Å². The first-order chi connectivity index (χ1) is 8.08. The zero-order valence-electron chi connectivity index (χ0n) is 9.77. The first-order valence-electron chi connectivity index (χ1n) is 5.73. The highest BCUT2D eigenvalue weighted by molar-refractivity contribution is 5.94. The van der Waals surface area contributed by atoms with Crippen LogP contribution in [0, 0.1) is 11.7 Å². The van der Waals surface area contributed by atoms with E-state index >= 15 is 0 Å². The minimum Gasteiger partial charge on any atom is -0.338 e. The molecule has 2 rings (SSSR count). The fourth-order valence-corrected chi connectivity index (χ4v) is 2.06. The molecule has 17 heavy (non-hydrogen) atoms. The Morgan fingerprint density at radius 3 is 3.00 bits per heavy atom. The summed E-state index contributed by atoms with van der Waals surface area (Å²) in [4.78, 5) is 17.5. The molecule has 0 aromatic carbocycles. The van der Waals surface area contributed by atoms with Crippen molar-refractivity contribution in [2.24, 2.45) is 11.7 Å². The number of carbonyl (C=O) groups is 1. The third kappa shape index (κ3) is 2.61. The molecule has 5 heteroatoms. The third-order valence-corrected chi connectivity index (χ3v) is 3.21. The highest BCUT2D eigenvalue weighted by atomic mass is 19.1. The lowest BCUT2D eigenvalue weighted by atomic mass is 9.94. The molecular weight excluding hydrogens is 221 g/mol. The van der Waals surface area contributed by atoms with E-state index in [4.69, 9.17) is 5.73 Å². The van der Waals surface area contributed by atoms with Crippen molar-refractivity contribution >= 4 is 5.91 Å². The second-order valence-electron chi connectivity index (χ2n) is 4.57. The van der Waals surface area contributed by atoms with Crippen molar-refractivity contribution in [2.45, 2.75) is 19.4 Å². The minimum atomic E-state index is -0.488. The maximum Gasteiger partial charge on any atom is 0.255 e. The molecule has 1 aromatic heterocycles. The van der Waals surface area contributed by atoms with Crippen molar-refractivity contribution in [3.8, 4) is 0 Å². The topological polar surface area (TPSA) is 59.2 Å². The van der Waals surface area contributed by atoms with Crippen LogP contribution in [-0.2, 0) is 0 Å². The molecule has 0 bridgehead atoms. The summed E-state index contributed by atoms with van der Waals surface area (Å²) in [5.41, 5.74) is 6.19. The van der Waals surface area contributed by atoms with Gasteiger partial charge in [0.1, 0.15) is 5.82 Å². The van der Waals surface area contributed by atoms with E-state index in [0.29, 0.717) is 18.7 Å². The van der Waals surface area contributed by atoms with Crippen LogP contribution in [0.1, 0.15) is 23.7 Å². The summed E-state index contributed by atoms with van der Waals surface area (Å²) in [5, 5.41) is 0. The zero-order valence-corrected chi connectivity index (χ0v) is 9.77. The summed E-state index contributed by atoms with van der Waals surface area (Å²) in [5.74, 6) is -0.387. The molecule has 1 aliphatic rings. The lowest BCUT2D eigenvalue weighted by molar-refractivity contribution is 0.0663. The van der Waals surface area contributed by atoms with Crippen LogP contribution in [0.3, 0.4) is 0 Å². The maximum absolute atomic E-state index is 13.0. The Bertz CT molecular complexity index is 424. The van der Waals surface area contributed by atoms with Gasteiger partial charge in [0.15, 0.2) is 0 Å². The Balaban J connectivity index is 2.10.